The van der Waals surface area contributed by atoms with Crippen molar-refractivity contribution in [3.8, 4) is 11.8 Å². The molecule has 0 spiro atoms. The van der Waals surface area contributed by atoms with E-state index in [0.29, 0.717) is 30.7 Å². The van der Waals surface area contributed by atoms with Gasteiger partial charge in [0.25, 0.3) is 0 Å². The molecule has 0 radical (unpaired) electrons. The fraction of sp³-hybridized carbons (Fsp3) is 0.429. The minimum atomic E-state index is -0.913. The van der Waals surface area contributed by atoms with Crippen LogP contribution in [0.5, 0.6) is 5.75 Å². The van der Waals surface area contributed by atoms with E-state index in [1.165, 1.54) is 7.11 Å². The molecule has 1 saturated heterocycles. The van der Waals surface area contributed by atoms with Crippen LogP contribution in [-0.4, -0.2) is 36.9 Å². The molecular weight excluding hydrogens is 260 g/mol. The molecule has 20 heavy (non-hydrogen) atoms. The first kappa shape index (κ1) is 14.2. The number of nitriles is 1. The topological polar surface area (TPSA) is 91.6 Å². The molecule has 0 amide bonds. The fourth-order valence-corrected chi connectivity index (χ4v) is 2.17. The van der Waals surface area contributed by atoms with Gasteiger partial charge in [0.2, 0.25) is 0 Å². The Labute approximate surface area is 116 Å². The lowest BCUT2D eigenvalue weighted by Gasteiger charge is -2.15. The van der Waals surface area contributed by atoms with Crippen molar-refractivity contribution in [2.24, 2.45) is 0 Å². The van der Waals surface area contributed by atoms with E-state index in [1.54, 1.807) is 18.2 Å². The number of anilines is 1. The first-order valence-corrected chi connectivity index (χ1v) is 6.34. The van der Waals surface area contributed by atoms with Crippen molar-refractivity contribution in [2.75, 3.05) is 19.0 Å². The molecule has 6 heteroatoms. The third-order valence-electron chi connectivity index (χ3n) is 3.23. The lowest BCUT2D eigenvalue weighted by Crippen LogP contribution is -2.24. The van der Waals surface area contributed by atoms with Gasteiger partial charge in [-0.3, -0.25) is 0 Å². The van der Waals surface area contributed by atoms with Crippen molar-refractivity contribution in [2.45, 2.75) is 25.0 Å². The second-order valence-corrected chi connectivity index (χ2v) is 4.57. The van der Waals surface area contributed by atoms with E-state index in [2.05, 4.69) is 5.32 Å². The summed E-state index contributed by atoms with van der Waals surface area (Å²) in [6.45, 7) is 0.506. The summed E-state index contributed by atoms with van der Waals surface area (Å²) in [5, 5.41) is 20.9. The van der Waals surface area contributed by atoms with Gasteiger partial charge in [-0.05, 0) is 25.0 Å². The van der Waals surface area contributed by atoms with Crippen molar-refractivity contribution < 1.29 is 19.4 Å². The second kappa shape index (κ2) is 6.26. The summed E-state index contributed by atoms with van der Waals surface area (Å²) in [5.74, 6) is -0.333. The van der Waals surface area contributed by atoms with Crippen LogP contribution < -0.4 is 10.1 Å². The number of carboxylic acids is 1. The molecule has 0 bridgehead atoms. The molecule has 2 rings (SSSR count). The molecule has 1 heterocycles. The average molecular weight is 276 g/mol. The summed E-state index contributed by atoms with van der Waals surface area (Å²) in [7, 11) is 1.54. The molecule has 0 aromatic heterocycles. The van der Waals surface area contributed by atoms with Gasteiger partial charge in [-0.2, -0.15) is 5.26 Å². The van der Waals surface area contributed by atoms with Crippen LogP contribution in [0, 0.1) is 11.3 Å². The van der Waals surface area contributed by atoms with Crippen molar-refractivity contribution in [1.29, 1.82) is 5.26 Å². The number of ether oxygens (including phenoxy) is 2. The third-order valence-corrected chi connectivity index (χ3v) is 3.23. The number of carboxylic acid groups (broad SMARTS) is 1. The monoisotopic (exact) mass is 276 g/mol. The number of hydrogen-bond acceptors (Lipinski definition) is 5. The standard InChI is InChI=1S/C14H16N2O4/c1-19-13-6-9(7-15)2-4-11(13)16-8-10-3-5-12(20-10)14(17)18/h2,4,6,10,12,16H,3,5,8H2,1H3,(H,17,18). The minimum absolute atomic E-state index is 0.128. The van der Waals surface area contributed by atoms with Gasteiger partial charge in [0, 0.05) is 12.6 Å². The molecule has 2 N–H and O–H groups in total. The quantitative estimate of drug-likeness (QED) is 0.849. The highest BCUT2D eigenvalue weighted by Crippen LogP contribution is 2.26. The normalized spacial score (nSPS) is 21.2. The predicted molar refractivity (Wildman–Crippen MR) is 71.7 cm³/mol. The smallest absolute Gasteiger partial charge is 0.332 e. The number of nitrogens with one attached hydrogen (secondary N) is 1. The number of hydrogen-bond donors (Lipinski definition) is 2. The van der Waals surface area contributed by atoms with Gasteiger partial charge >= 0.3 is 5.97 Å². The number of rotatable bonds is 5. The van der Waals surface area contributed by atoms with E-state index in [1.807, 2.05) is 6.07 Å². The molecule has 1 fully saturated rings. The van der Waals surface area contributed by atoms with E-state index >= 15 is 0 Å². The second-order valence-electron chi connectivity index (χ2n) is 4.57. The highest BCUT2D eigenvalue weighted by atomic mass is 16.5. The van der Waals surface area contributed by atoms with Crippen molar-refractivity contribution in [1.82, 2.24) is 0 Å². The fourth-order valence-electron chi connectivity index (χ4n) is 2.17. The Bertz CT molecular complexity index is 538. The van der Waals surface area contributed by atoms with Gasteiger partial charge in [-0.15, -0.1) is 0 Å². The Hall–Kier alpha value is -2.26. The maximum absolute atomic E-state index is 10.8. The Morgan fingerprint density at radius 1 is 1.60 bits per heavy atom. The van der Waals surface area contributed by atoms with Crippen molar-refractivity contribution >= 4 is 11.7 Å². The van der Waals surface area contributed by atoms with Crippen LogP contribution in [0.25, 0.3) is 0 Å². The summed E-state index contributed by atoms with van der Waals surface area (Å²) in [6.07, 6.45) is 0.412. The number of carbonyl (C=O) groups is 1. The van der Waals surface area contributed by atoms with Crippen molar-refractivity contribution in [3.63, 3.8) is 0 Å². The van der Waals surface area contributed by atoms with Crippen LogP contribution >= 0.6 is 0 Å². The first-order chi connectivity index (χ1) is 9.63. The number of nitrogens with zero attached hydrogens (tertiary/aromatic N) is 1. The molecule has 1 aliphatic rings. The zero-order chi connectivity index (χ0) is 14.5. The van der Waals surface area contributed by atoms with E-state index in [-0.39, 0.29) is 6.10 Å². The Balaban J connectivity index is 1.95. The van der Waals surface area contributed by atoms with Crippen LogP contribution in [0.3, 0.4) is 0 Å². The summed E-state index contributed by atoms with van der Waals surface area (Å²) in [5.41, 5.74) is 1.28. The average Bonchev–Trinajstić information content (AvgIpc) is 2.94. The van der Waals surface area contributed by atoms with Gasteiger partial charge in [0.1, 0.15) is 5.75 Å². The van der Waals surface area contributed by atoms with Crippen LogP contribution in [0.4, 0.5) is 5.69 Å². The lowest BCUT2D eigenvalue weighted by molar-refractivity contribution is -0.149. The van der Waals surface area contributed by atoms with Gasteiger partial charge in [-0.1, -0.05) is 0 Å². The molecule has 106 valence electrons. The predicted octanol–water partition coefficient (Wildman–Crippen LogP) is 1.61. The largest absolute Gasteiger partial charge is 0.495 e. The third kappa shape index (κ3) is 3.19. The van der Waals surface area contributed by atoms with Gasteiger partial charge in [0.15, 0.2) is 6.10 Å². The summed E-state index contributed by atoms with van der Waals surface area (Å²) < 4.78 is 10.6. The van der Waals surface area contributed by atoms with E-state index in [0.717, 1.165) is 5.69 Å². The summed E-state index contributed by atoms with van der Waals surface area (Å²) in [4.78, 5) is 10.8. The first-order valence-electron chi connectivity index (χ1n) is 6.34. The zero-order valence-electron chi connectivity index (χ0n) is 11.1. The maximum Gasteiger partial charge on any atom is 0.332 e. The Morgan fingerprint density at radius 3 is 3.00 bits per heavy atom. The summed E-state index contributed by atoms with van der Waals surface area (Å²) in [6, 6.07) is 7.16. The van der Waals surface area contributed by atoms with E-state index < -0.39 is 12.1 Å². The van der Waals surface area contributed by atoms with Gasteiger partial charge < -0.3 is 19.9 Å². The number of methoxy groups -OCH3 is 1. The van der Waals surface area contributed by atoms with E-state index in [4.69, 9.17) is 19.8 Å². The molecule has 2 unspecified atom stereocenters. The SMILES string of the molecule is COc1cc(C#N)ccc1NCC1CCC(C(=O)O)O1. The molecule has 2 atom stereocenters. The van der Waals surface area contributed by atoms with E-state index in [9.17, 15) is 4.79 Å². The molecule has 6 nitrogen and oxygen atoms in total. The number of benzene rings is 1. The lowest BCUT2D eigenvalue weighted by atomic mass is 10.1. The number of aliphatic carboxylic acids is 1. The molecule has 0 aliphatic carbocycles. The molecule has 0 saturated carbocycles. The maximum atomic E-state index is 10.8. The van der Waals surface area contributed by atoms with Crippen LogP contribution in [-0.2, 0) is 9.53 Å². The molecular formula is C14H16N2O4. The van der Waals surface area contributed by atoms with Gasteiger partial charge in [-0.25, -0.2) is 4.79 Å². The highest BCUT2D eigenvalue weighted by Gasteiger charge is 2.30. The Kier molecular flexibility index (Phi) is 4.43. The molecule has 1 aromatic rings. The minimum Gasteiger partial charge on any atom is -0.495 e. The van der Waals surface area contributed by atoms with Gasteiger partial charge in [0.05, 0.1) is 30.5 Å². The highest BCUT2D eigenvalue weighted by molar-refractivity contribution is 5.72. The molecule has 1 aromatic carbocycles. The Morgan fingerprint density at radius 2 is 2.40 bits per heavy atom. The van der Waals surface area contributed by atoms with Crippen molar-refractivity contribution in [3.05, 3.63) is 23.8 Å². The zero-order valence-corrected chi connectivity index (χ0v) is 11.1. The summed E-state index contributed by atoms with van der Waals surface area (Å²) >= 11 is 0. The van der Waals surface area contributed by atoms with Crippen LogP contribution in [0.2, 0.25) is 0 Å². The van der Waals surface area contributed by atoms with Crippen LogP contribution in [0.15, 0.2) is 18.2 Å². The molecule has 1 aliphatic heterocycles. The van der Waals surface area contributed by atoms with Crippen LogP contribution in [0.1, 0.15) is 18.4 Å².